The monoisotopic (exact) mass is 324 g/mol. The molecule has 118 valence electrons. The summed E-state index contributed by atoms with van der Waals surface area (Å²) in [5.74, 6) is 0.358. The molecule has 0 aromatic heterocycles. The van der Waals surface area contributed by atoms with Crippen molar-refractivity contribution in [2.45, 2.75) is 25.0 Å². The Morgan fingerprint density at radius 1 is 1.32 bits per heavy atom. The number of carbonyl (C=O) groups is 2. The lowest BCUT2D eigenvalue weighted by Crippen LogP contribution is -2.41. The van der Waals surface area contributed by atoms with Crippen LogP contribution in [-0.4, -0.2) is 58.7 Å². The van der Waals surface area contributed by atoms with Crippen LogP contribution < -0.4 is 4.74 Å². The van der Waals surface area contributed by atoms with Gasteiger partial charge in [0.05, 0.1) is 6.54 Å². The zero-order valence-electron chi connectivity index (χ0n) is 11.9. The third-order valence-corrected chi connectivity index (χ3v) is 4.18. The van der Waals surface area contributed by atoms with Crippen LogP contribution in [0.1, 0.15) is 12.8 Å². The average Bonchev–Trinajstić information content (AvgIpc) is 3.07. The highest BCUT2D eigenvalue weighted by atomic mass is 35.5. The summed E-state index contributed by atoms with van der Waals surface area (Å²) in [7, 11) is 0. The van der Waals surface area contributed by atoms with Crippen molar-refractivity contribution in [1.82, 2.24) is 9.80 Å². The molecule has 0 bridgehead atoms. The molecule has 3 amide bonds. The number of aliphatic hydroxyl groups is 1. The largest absolute Gasteiger partial charge is 0.491 e. The molecule has 0 spiro atoms. The Hall–Kier alpha value is -1.79. The van der Waals surface area contributed by atoms with Crippen LogP contribution in [0.25, 0.3) is 0 Å². The minimum absolute atomic E-state index is 0.00333. The second-order valence-corrected chi connectivity index (χ2v) is 5.94. The van der Waals surface area contributed by atoms with Gasteiger partial charge in [0, 0.05) is 11.6 Å². The molecule has 6 nitrogen and oxygen atoms in total. The van der Waals surface area contributed by atoms with E-state index < -0.39 is 6.10 Å². The van der Waals surface area contributed by atoms with Gasteiger partial charge in [0.2, 0.25) is 0 Å². The van der Waals surface area contributed by atoms with Crippen molar-refractivity contribution in [2.24, 2.45) is 0 Å². The molecular formula is C15H17ClN2O4. The first-order chi connectivity index (χ1) is 10.6. The molecular weight excluding hydrogens is 308 g/mol. The first-order valence-electron chi connectivity index (χ1n) is 7.24. The number of amides is 3. The molecule has 2 unspecified atom stereocenters. The first kappa shape index (κ1) is 15.1. The van der Waals surface area contributed by atoms with Crippen LogP contribution in [-0.2, 0) is 4.79 Å². The normalized spacial score (nSPS) is 22.2. The number of aliphatic hydroxyl groups excluding tert-OH is 1. The van der Waals surface area contributed by atoms with Gasteiger partial charge in [0.25, 0.3) is 5.91 Å². The third kappa shape index (κ3) is 2.89. The Bertz CT molecular complexity index is 555. The maximum absolute atomic E-state index is 12.1. The standard InChI is InChI=1S/C15H17ClN2O4/c16-10-3-5-12(6-4-10)22-9-11(19)8-18-14(20)13-2-1-7-17(13)15(18)21/h3-6,11,13,19H,1-2,7-9H2. The van der Waals surface area contributed by atoms with E-state index in [1.54, 1.807) is 29.2 Å². The fourth-order valence-corrected chi connectivity index (χ4v) is 2.96. The van der Waals surface area contributed by atoms with Crippen molar-refractivity contribution in [3.8, 4) is 5.75 Å². The zero-order valence-corrected chi connectivity index (χ0v) is 12.7. The predicted molar refractivity (Wildman–Crippen MR) is 79.8 cm³/mol. The van der Waals surface area contributed by atoms with Crippen LogP contribution >= 0.6 is 11.6 Å². The van der Waals surface area contributed by atoms with Crippen LogP contribution in [0, 0.1) is 0 Å². The van der Waals surface area contributed by atoms with Gasteiger partial charge in [-0.3, -0.25) is 9.69 Å². The number of hydrogen-bond donors (Lipinski definition) is 1. The van der Waals surface area contributed by atoms with Crippen molar-refractivity contribution < 1.29 is 19.4 Å². The number of hydrogen-bond acceptors (Lipinski definition) is 4. The fraction of sp³-hybridized carbons (Fsp3) is 0.467. The maximum atomic E-state index is 12.1. The maximum Gasteiger partial charge on any atom is 0.327 e. The van der Waals surface area contributed by atoms with Crippen LogP contribution in [0.2, 0.25) is 5.02 Å². The van der Waals surface area contributed by atoms with E-state index in [9.17, 15) is 14.7 Å². The number of urea groups is 1. The number of rotatable bonds is 5. The molecule has 1 aromatic carbocycles. The molecule has 1 aromatic rings. The summed E-state index contributed by atoms with van der Waals surface area (Å²) >= 11 is 5.78. The van der Waals surface area contributed by atoms with Gasteiger partial charge in [-0.05, 0) is 37.1 Å². The molecule has 1 N–H and O–H groups in total. The van der Waals surface area contributed by atoms with Crippen molar-refractivity contribution in [3.63, 3.8) is 0 Å². The number of halogens is 1. The Morgan fingerprint density at radius 2 is 2.05 bits per heavy atom. The van der Waals surface area contributed by atoms with Gasteiger partial charge in [-0.1, -0.05) is 11.6 Å². The highest BCUT2D eigenvalue weighted by Crippen LogP contribution is 2.27. The lowest BCUT2D eigenvalue weighted by molar-refractivity contribution is -0.129. The molecule has 2 aliphatic heterocycles. The predicted octanol–water partition coefficient (Wildman–Crippen LogP) is 1.51. The Balaban J connectivity index is 1.53. The number of β-amino-alcohol motifs (C(OH)–C–C–N with tert-alkyl or cyclic N) is 1. The number of fused-ring (bicyclic) bond motifs is 1. The Kier molecular flexibility index (Phi) is 4.22. The van der Waals surface area contributed by atoms with E-state index in [-0.39, 0.29) is 31.1 Å². The van der Waals surface area contributed by atoms with E-state index >= 15 is 0 Å². The minimum Gasteiger partial charge on any atom is -0.491 e. The summed E-state index contributed by atoms with van der Waals surface area (Å²) in [6.45, 7) is 0.574. The van der Waals surface area contributed by atoms with Gasteiger partial charge in [0.1, 0.15) is 24.5 Å². The number of nitrogens with zero attached hydrogens (tertiary/aromatic N) is 2. The zero-order chi connectivity index (χ0) is 15.7. The van der Waals surface area contributed by atoms with E-state index in [0.717, 1.165) is 11.3 Å². The number of imide groups is 1. The number of benzene rings is 1. The quantitative estimate of drug-likeness (QED) is 0.833. The van der Waals surface area contributed by atoms with Crippen LogP contribution in [0.5, 0.6) is 5.75 Å². The second kappa shape index (κ2) is 6.14. The summed E-state index contributed by atoms with van der Waals surface area (Å²) in [5.41, 5.74) is 0. The van der Waals surface area contributed by atoms with Gasteiger partial charge in [-0.2, -0.15) is 0 Å². The van der Waals surface area contributed by atoms with E-state index in [0.29, 0.717) is 23.7 Å². The topological polar surface area (TPSA) is 70.1 Å². The van der Waals surface area contributed by atoms with Crippen LogP contribution in [0.3, 0.4) is 0 Å². The number of ether oxygens (including phenoxy) is 1. The summed E-state index contributed by atoms with van der Waals surface area (Å²) < 4.78 is 5.43. The highest BCUT2D eigenvalue weighted by Gasteiger charge is 2.47. The molecule has 3 rings (SSSR count). The number of carbonyl (C=O) groups excluding carboxylic acids is 2. The molecule has 2 aliphatic rings. The summed E-state index contributed by atoms with van der Waals surface area (Å²) in [6, 6.07) is 6.11. The Labute approximate surface area is 133 Å². The van der Waals surface area contributed by atoms with Crippen molar-refractivity contribution >= 4 is 23.5 Å². The molecule has 2 atom stereocenters. The Morgan fingerprint density at radius 3 is 2.73 bits per heavy atom. The van der Waals surface area contributed by atoms with Crippen LogP contribution in [0.15, 0.2) is 24.3 Å². The molecule has 0 aliphatic carbocycles. The molecule has 22 heavy (non-hydrogen) atoms. The molecule has 2 fully saturated rings. The average molecular weight is 325 g/mol. The third-order valence-electron chi connectivity index (χ3n) is 3.93. The molecule has 2 saturated heterocycles. The van der Waals surface area contributed by atoms with E-state index in [4.69, 9.17) is 16.3 Å². The van der Waals surface area contributed by atoms with E-state index in [2.05, 4.69) is 0 Å². The van der Waals surface area contributed by atoms with Crippen LogP contribution in [0.4, 0.5) is 4.79 Å². The molecule has 7 heteroatoms. The van der Waals surface area contributed by atoms with E-state index in [1.807, 2.05) is 0 Å². The van der Waals surface area contributed by atoms with Crippen molar-refractivity contribution in [1.29, 1.82) is 0 Å². The first-order valence-corrected chi connectivity index (χ1v) is 7.62. The SMILES string of the molecule is O=C1C2CCCN2C(=O)N1CC(O)COc1ccc(Cl)cc1. The van der Waals surface area contributed by atoms with Crippen molar-refractivity contribution in [2.75, 3.05) is 19.7 Å². The van der Waals surface area contributed by atoms with Gasteiger partial charge in [-0.15, -0.1) is 0 Å². The summed E-state index contributed by atoms with van der Waals surface area (Å²) in [6.07, 6.45) is 0.639. The summed E-state index contributed by atoms with van der Waals surface area (Å²) in [4.78, 5) is 27.0. The lowest BCUT2D eigenvalue weighted by atomic mass is 10.2. The van der Waals surface area contributed by atoms with Gasteiger partial charge in [0.15, 0.2) is 0 Å². The van der Waals surface area contributed by atoms with Gasteiger partial charge < -0.3 is 14.7 Å². The summed E-state index contributed by atoms with van der Waals surface area (Å²) in [5, 5.41) is 10.6. The smallest absolute Gasteiger partial charge is 0.327 e. The lowest BCUT2D eigenvalue weighted by Gasteiger charge is -2.19. The highest BCUT2D eigenvalue weighted by molar-refractivity contribution is 6.30. The minimum atomic E-state index is -0.927. The van der Waals surface area contributed by atoms with E-state index in [1.165, 1.54) is 0 Å². The molecule has 2 heterocycles. The molecule has 0 saturated carbocycles. The van der Waals surface area contributed by atoms with Crippen molar-refractivity contribution in [3.05, 3.63) is 29.3 Å². The fourth-order valence-electron chi connectivity index (χ4n) is 2.84. The van der Waals surface area contributed by atoms with Gasteiger partial charge in [-0.25, -0.2) is 4.79 Å². The van der Waals surface area contributed by atoms with Gasteiger partial charge >= 0.3 is 6.03 Å². The molecule has 0 radical (unpaired) electrons. The second-order valence-electron chi connectivity index (χ2n) is 5.50.